The van der Waals surface area contributed by atoms with Gasteiger partial charge in [0, 0.05) is 26.2 Å². The molecule has 2 aliphatic rings. The quantitative estimate of drug-likeness (QED) is 0.256. The number of hydrogen-bond donors (Lipinski definition) is 1. The standard InChI is InChI=1S/C30H34N4O5/c1-3-39-24-12-10-22(11-13-24)27-26(28(35)25-20-31-34(21(25)2)23-8-5-4-6-9-23)29(36)30(37)33(27)15-7-14-32-16-18-38-19-17-32/h4-6,8-13,20,27,35H,3,7,14-19H2,1-2H3/t27-/m1/s1. The van der Waals surface area contributed by atoms with Crippen molar-refractivity contribution in [1.82, 2.24) is 19.6 Å². The third-order valence-electron chi connectivity index (χ3n) is 7.29. The summed E-state index contributed by atoms with van der Waals surface area (Å²) in [5, 5.41) is 16.0. The Labute approximate surface area is 228 Å². The molecule has 9 heteroatoms. The predicted molar refractivity (Wildman–Crippen MR) is 147 cm³/mol. The molecule has 0 aliphatic carbocycles. The molecule has 0 unspecified atom stereocenters. The lowest BCUT2D eigenvalue weighted by molar-refractivity contribution is -0.140. The molecule has 3 aromatic rings. The number of para-hydroxylation sites is 1. The Kier molecular flexibility index (Phi) is 8.09. The van der Waals surface area contributed by atoms with Gasteiger partial charge in [-0.2, -0.15) is 5.10 Å². The fourth-order valence-electron chi connectivity index (χ4n) is 5.28. The van der Waals surface area contributed by atoms with Crippen LogP contribution in [0.1, 0.15) is 36.2 Å². The number of aromatic nitrogens is 2. The third-order valence-corrected chi connectivity index (χ3v) is 7.29. The van der Waals surface area contributed by atoms with Crippen molar-refractivity contribution in [3.05, 3.63) is 83.2 Å². The lowest BCUT2D eigenvalue weighted by Gasteiger charge is -2.29. The molecule has 1 N–H and O–H groups in total. The van der Waals surface area contributed by atoms with Crippen molar-refractivity contribution in [3.63, 3.8) is 0 Å². The molecule has 0 spiro atoms. The zero-order valence-electron chi connectivity index (χ0n) is 22.4. The van der Waals surface area contributed by atoms with Gasteiger partial charge >= 0.3 is 0 Å². The largest absolute Gasteiger partial charge is 0.507 e. The van der Waals surface area contributed by atoms with Gasteiger partial charge in [0.1, 0.15) is 11.5 Å². The molecule has 0 radical (unpaired) electrons. The first-order valence-electron chi connectivity index (χ1n) is 13.4. The summed E-state index contributed by atoms with van der Waals surface area (Å²) >= 11 is 0. The average molecular weight is 531 g/mol. The van der Waals surface area contributed by atoms with Gasteiger partial charge in [0.25, 0.3) is 11.7 Å². The van der Waals surface area contributed by atoms with Crippen LogP contribution in [0.15, 0.2) is 66.4 Å². The maximum Gasteiger partial charge on any atom is 0.295 e. The highest BCUT2D eigenvalue weighted by Gasteiger charge is 2.46. The van der Waals surface area contributed by atoms with Gasteiger partial charge in [-0.15, -0.1) is 0 Å². The fraction of sp³-hybridized carbons (Fsp3) is 0.367. The van der Waals surface area contributed by atoms with E-state index in [1.165, 1.54) is 0 Å². The van der Waals surface area contributed by atoms with Crippen LogP contribution in [0.2, 0.25) is 0 Å². The first-order valence-corrected chi connectivity index (χ1v) is 13.4. The van der Waals surface area contributed by atoms with E-state index in [-0.39, 0.29) is 11.3 Å². The van der Waals surface area contributed by atoms with Gasteiger partial charge in [-0.25, -0.2) is 4.68 Å². The topological polar surface area (TPSA) is 97.1 Å². The van der Waals surface area contributed by atoms with Gasteiger partial charge in [0.05, 0.1) is 54.6 Å². The molecule has 2 aromatic carbocycles. The van der Waals surface area contributed by atoms with Crippen molar-refractivity contribution in [2.75, 3.05) is 46.0 Å². The molecular formula is C30H34N4O5. The minimum absolute atomic E-state index is 0.0752. The van der Waals surface area contributed by atoms with E-state index < -0.39 is 17.7 Å². The Balaban J connectivity index is 1.50. The number of amides is 1. The maximum absolute atomic E-state index is 13.4. The number of morpholine rings is 1. The molecule has 1 amide bonds. The molecular weight excluding hydrogens is 496 g/mol. The van der Waals surface area contributed by atoms with Crippen LogP contribution in [0.4, 0.5) is 0 Å². The zero-order chi connectivity index (χ0) is 27.4. The Morgan fingerprint density at radius 2 is 1.77 bits per heavy atom. The first kappa shape index (κ1) is 26.6. The van der Waals surface area contributed by atoms with E-state index in [0.29, 0.717) is 49.8 Å². The maximum atomic E-state index is 13.4. The molecule has 0 bridgehead atoms. The number of ketones is 1. The van der Waals surface area contributed by atoms with E-state index in [2.05, 4.69) is 10.00 Å². The van der Waals surface area contributed by atoms with Crippen molar-refractivity contribution in [3.8, 4) is 11.4 Å². The lowest BCUT2D eigenvalue weighted by atomic mass is 9.95. The minimum atomic E-state index is -0.718. The number of hydrogen-bond acceptors (Lipinski definition) is 7. The molecule has 5 rings (SSSR count). The second-order valence-corrected chi connectivity index (χ2v) is 9.69. The molecule has 1 atom stereocenters. The zero-order valence-corrected chi connectivity index (χ0v) is 22.4. The number of benzene rings is 2. The van der Waals surface area contributed by atoms with Crippen molar-refractivity contribution in [1.29, 1.82) is 0 Å². The van der Waals surface area contributed by atoms with Gasteiger partial charge in [-0.3, -0.25) is 14.5 Å². The van der Waals surface area contributed by atoms with Gasteiger partial charge in [0.15, 0.2) is 0 Å². The van der Waals surface area contributed by atoms with Crippen LogP contribution in [0.5, 0.6) is 5.75 Å². The molecule has 2 fully saturated rings. The smallest absolute Gasteiger partial charge is 0.295 e. The first-order chi connectivity index (χ1) is 19.0. The molecule has 2 saturated heterocycles. The summed E-state index contributed by atoms with van der Waals surface area (Å²) in [5.74, 6) is -0.816. The highest BCUT2D eigenvalue weighted by molar-refractivity contribution is 6.46. The lowest BCUT2D eigenvalue weighted by Crippen LogP contribution is -2.38. The number of likely N-dealkylation sites (tertiary alicyclic amines) is 1. The molecule has 9 nitrogen and oxygen atoms in total. The highest BCUT2D eigenvalue weighted by atomic mass is 16.5. The molecule has 204 valence electrons. The van der Waals surface area contributed by atoms with Crippen LogP contribution in [0, 0.1) is 6.92 Å². The van der Waals surface area contributed by atoms with Crippen molar-refractivity contribution in [2.45, 2.75) is 26.3 Å². The van der Waals surface area contributed by atoms with E-state index in [9.17, 15) is 14.7 Å². The minimum Gasteiger partial charge on any atom is -0.507 e. The molecule has 3 heterocycles. The van der Waals surface area contributed by atoms with Crippen molar-refractivity contribution >= 4 is 17.4 Å². The van der Waals surface area contributed by atoms with Gasteiger partial charge in [-0.1, -0.05) is 30.3 Å². The van der Waals surface area contributed by atoms with E-state index in [4.69, 9.17) is 9.47 Å². The number of aliphatic hydroxyl groups is 1. The third kappa shape index (κ3) is 5.46. The summed E-state index contributed by atoms with van der Waals surface area (Å²) in [6.07, 6.45) is 2.24. The predicted octanol–water partition coefficient (Wildman–Crippen LogP) is 3.72. The van der Waals surface area contributed by atoms with Crippen LogP contribution < -0.4 is 4.74 Å². The van der Waals surface area contributed by atoms with Crippen LogP contribution in [-0.2, 0) is 14.3 Å². The van der Waals surface area contributed by atoms with E-state index in [0.717, 1.165) is 30.9 Å². The molecule has 0 saturated carbocycles. The van der Waals surface area contributed by atoms with Crippen molar-refractivity contribution in [2.24, 2.45) is 0 Å². The fourth-order valence-corrected chi connectivity index (χ4v) is 5.28. The molecule has 2 aliphatic heterocycles. The number of ether oxygens (including phenoxy) is 2. The number of carbonyl (C=O) groups is 2. The van der Waals surface area contributed by atoms with E-state index >= 15 is 0 Å². The molecule has 39 heavy (non-hydrogen) atoms. The second-order valence-electron chi connectivity index (χ2n) is 9.69. The summed E-state index contributed by atoms with van der Waals surface area (Å²) in [7, 11) is 0. The Hall–Kier alpha value is -3.95. The van der Waals surface area contributed by atoms with Crippen LogP contribution in [0.3, 0.4) is 0 Å². The summed E-state index contributed by atoms with van der Waals surface area (Å²) in [6.45, 7) is 8.57. The summed E-state index contributed by atoms with van der Waals surface area (Å²) < 4.78 is 12.7. The Morgan fingerprint density at radius 1 is 1.05 bits per heavy atom. The number of aliphatic hydroxyl groups excluding tert-OH is 1. The number of carbonyl (C=O) groups excluding carboxylic acids is 2. The summed E-state index contributed by atoms with van der Waals surface area (Å²) in [6, 6.07) is 16.2. The Bertz CT molecular complexity index is 1340. The summed E-state index contributed by atoms with van der Waals surface area (Å²) in [4.78, 5) is 30.7. The Morgan fingerprint density at radius 3 is 2.46 bits per heavy atom. The van der Waals surface area contributed by atoms with E-state index in [1.807, 2.05) is 68.4 Å². The van der Waals surface area contributed by atoms with E-state index in [1.54, 1.807) is 15.8 Å². The number of Topliss-reactive ketones (excluding diaryl/α,β-unsaturated/α-hetero) is 1. The number of nitrogens with zero attached hydrogens (tertiary/aromatic N) is 4. The van der Waals surface area contributed by atoms with Crippen LogP contribution in [0.25, 0.3) is 11.4 Å². The monoisotopic (exact) mass is 530 g/mol. The van der Waals surface area contributed by atoms with Gasteiger partial charge in [0.2, 0.25) is 0 Å². The SMILES string of the molecule is CCOc1ccc([C@@H]2C(=C(O)c3cnn(-c4ccccc4)c3C)C(=O)C(=O)N2CCCN2CCOCC2)cc1. The van der Waals surface area contributed by atoms with Crippen molar-refractivity contribution < 1.29 is 24.2 Å². The summed E-state index contributed by atoms with van der Waals surface area (Å²) in [5.41, 5.74) is 2.73. The van der Waals surface area contributed by atoms with Gasteiger partial charge < -0.3 is 19.5 Å². The normalized spacial score (nSPS) is 19.5. The average Bonchev–Trinajstić information content (AvgIpc) is 3.47. The van der Waals surface area contributed by atoms with Crippen LogP contribution in [-0.4, -0.2) is 82.4 Å². The van der Waals surface area contributed by atoms with Crippen LogP contribution >= 0.6 is 0 Å². The highest BCUT2D eigenvalue weighted by Crippen LogP contribution is 2.40. The molecule has 1 aromatic heterocycles. The second kappa shape index (κ2) is 11.8. The number of rotatable bonds is 9. The van der Waals surface area contributed by atoms with Gasteiger partial charge in [-0.05, 0) is 50.1 Å².